The third-order valence-electron chi connectivity index (χ3n) is 4.22. The highest BCUT2D eigenvalue weighted by atomic mass is 16.5. The molecule has 0 aromatic heterocycles. The van der Waals surface area contributed by atoms with Gasteiger partial charge in [0.1, 0.15) is 5.75 Å². The predicted octanol–water partition coefficient (Wildman–Crippen LogP) is 2.45. The lowest BCUT2D eigenvalue weighted by Crippen LogP contribution is -2.41. The molecular weight excluding hydrogens is 310 g/mol. The van der Waals surface area contributed by atoms with Crippen molar-refractivity contribution in [3.8, 4) is 5.75 Å². The first kappa shape index (κ1) is 18.3. The van der Waals surface area contributed by atoms with Crippen LogP contribution in [0.15, 0.2) is 12.1 Å². The number of aliphatic carboxylic acids is 1. The number of ether oxygens (including phenoxy) is 2. The molecule has 0 spiro atoms. The molecule has 2 atom stereocenters. The molecule has 6 nitrogen and oxygen atoms in total. The molecule has 1 amide bonds. The zero-order valence-electron chi connectivity index (χ0n) is 14.4. The van der Waals surface area contributed by atoms with E-state index in [4.69, 9.17) is 14.6 Å². The zero-order chi connectivity index (χ0) is 17.7. The van der Waals surface area contributed by atoms with Gasteiger partial charge in [-0.15, -0.1) is 0 Å². The van der Waals surface area contributed by atoms with Gasteiger partial charge in [0.05, 0.1) is 6.10 Å². The number of carboxylic acid groups (broad SMARTS) is 1. The summed E-state index contributed by atoms with van der Waals surface area (Å²) in [5, 5.41) is 11.8. The molecule has 132 valence electrons. The Morgan fingerprint density at radius 1 is 1.33 bits per heavy atom. The van der Waals surface area contributed by atoms with Gasteiger partial charge in [0.25, 0.3) is 5.91 Å². The van der Waals surface area contributed by atoms with E-state index in [1.54, 1.807) is 12.1 Å². The van der Waals surface area contributed by atoms with Crippen molar-refractivity contribution < 1.29 is 24.2 Å². The second kappa shape index (κ2) is 8.15. The summed E-state index contributed by atoms with van der Waals surface area (Å²) in [5.41, 5.74) is 2.06. The van der Waals surface area contributed by atoms with Gasteiger partial charge in [0, 0.05) is 18.2 Å². The van der Waals surface area contributed by atoms with E-state index in [9.17, 15) is 9.59 Å². The van der Waals surface area contributed by atoms with E-state index >= 15 is 0 Å². The molecule has 0 aliphatic carbocycles. The Bertz CT molecular complexity index is 590. The number of hydrogen-bond donors (Lipinski definition) is 2. The summed E-state index contributed by atoms with van der Waals surface area (Å²) in [6.07, 6.45) is 2.81. The third kappa shape index (κ3) is 4.71. The highest BCUT2D eigenvalue weighted by Crippen LogP contribution is 2.25. The van der Waals surface area contributed by atoms with Crippen LogP contribution in [0.2, 0.25) is 0 Å². The lowest BCUT2D eigenvalue weighted by Gasteiger charge is -2.29. The molecule has 1 aromatic carbocycles. The number of carbonyl (C=O) groups excluding carboxylic acids is 1. The fraction of sp³-hybridized carbons (Fsp3) is 0.556. The Labute approximate surface area is 142 Å². The molecular formula is C18H25NO5. The minimum Gasteiger partial charge on any atom is -0.481 e. The van der Waals surface area contributed by atoms with E-state index < -0.39 is 12.6 Å². The smallest absolute Gasteiger partial charge is 0.341 e. The Kier molecular flexibility index (Phi) is 6.20. The number of carboxylic acids is 1. The maximum absolute atomic E-state index is 12.5. The highest BCUT2D eigenvalue weighted by molar-refractivity contribution is 5.95. The number of amides is 1. The van der Waals surface area contributed by atoms with Crippen molar-refractivity contribution in [1.82, 2.24) is 5.32 Å². The van der Waals surface area contributed by atoms with Gasteiger partial charge in [-0.3, -0.25) is 4.79 Å². The molecule has 1 fully saturated rings. The molecule has 24 heavy (non-hydrogen) atoms. The van der Waals surface area contributed by atoms with Crippen molar-refractivity contribution in [2.75, 3.05) is 13.2 Å². The maximum Gasteiger partial charge on any atom is 0.341 e. The largest absolute Gasteiger partial charge is 0.481 e. The van der Waals surface area contributed by atoms with Gasteiger partial charge in [-0.25, -0.2) is 4.79 Å². The Morgan fingerprint density at radius 2 is 2.00 bits per heavy atom. The summed E-state index contributed by atoms with van der Waals surface area (Å²) in [6, 6.07) is 3.59. The Balaban J connectivity index is 2.05. The first-order valence-corrected chi connectivity index (χ1v) is 8.29. The second-order valence-corrected chi connectivity index (χ2v) is 6.22. The van der Waals surface area contributed by atoms with Crippen LogP contribution in [0.3, 0.4) is 0 Å². The van der Waals surface area contributed by atoms with Gasteiger partial charge in [0.2, 0.25) is 0 Å². The Hall–Kier alpha value is -2.08. The number of carbonyl (C=O) groups is 2. The quantitative estimate of drug-likeness (QED) is 0.834. The normalized spacial score (nSPS) is 20.5. The van der Waals surface area contributed by atoms with Crippen molar-refractivity contribution in [2.24, 2.45) is 0 Å². The van der Waals surface area contributed by atoms with Gasteiger partial charge >= 0.3 is 5.97 Å². The summed E-state index contributed by atoms with van der Waals surface area (Å²) >= 11 is 0. The molecule has 6 heteroatoms. The molecule has 0 saturated carbocycles. The van der Waals surface area contributed by atoms with Gasteiger partial charge in [-0.05, 0) is 56.4 Å². The van der Waals surface area contributed by atoms with Crippen LogP contribution in [0.25, 0.3) is 0 Å². The van der Waals surface area contributed by atoms with Crippen LogP contribution in [0, 0.1) is 13.8 Å². The molecule has 1 heterocycles. The monoisotopic (exact) mass is 335 g/mol. The van der Waals surface area contributed by atoms with Crippen LogP contribution in [0.4, 0.5) is 0 Å². The third-order valence-corrected chi connectivity index (χ3v) is 4.22. The second-order valence-electron chi connectivity index (χ2n) is 6.22. The Morgan fingerprint density at radius 3 is 2.58 bits per heavy atom. The molecule has 1 saturated heterocycles. The number of hydrogen-bond acceptors (Lipinski definition) is 4. The summed E-state index contributed by atoms with van der Waals surface area (Å²) < 4.78 is 10.9. The number of rotatable bonds is 6. The van der Waals surface area contributed by atoms with Crippen LogP contribution >= 0.6 is 0 Å². The first-order valence-electron chi connectivity index (χ1n) is 8.29. The van der Waals surface area contributed by atoms with Crippen molar-refractivity contribution in [2.45, 2.75) is 52.2 Å². The zero-order valence-corrected chi connectivity index (χ0v) is 14.4. The minimum absolute atomic E-state index is 0.118. The summed E-state index contributed by atoms with van der Waals surface area (Å²) in [4.78, 5) is 23.1. The lowest BCUT2D eigenvalue weighted by atomic mass is 10.00. The molecule has 0 radical (unpaired) electrons. The van der Waals surface area contributed by atoms with Crippen LogP contribution in [-0.4, -0.2) is 42.3 Å². The van der Waals surface area contributed by atoms with Gasteiger partial charge in [-0.1, -0.05) is 6.92 Å². The van der Waals surface area contributed by atoms with E-state index in [-0.39, 0.29) is 18.1 Å². The summed E-state index contributed by atoms with van der Waals surface area (Å²) in [6.45, 7) is 5.97. The predicted molar refractivity (Wildman–Crippen MR) is 89.6 cm³/mol. The average Bonchev–Trinajstić information content (AvgIpc) is 2.53. The van der Waals surface area contributed by atoms with Crippen molar-refractivity contribution in [3.63, 3.8) is 0 Å². The van der Waals surface area contributed by atoms with E-state index in [0.717, 1.165) is 30.4 Å². The van der Waals surface area contributed by atoms with Gasteiger partial charge in [-0.2, -0.15) is 0 Å². The minimum atomic E-state index is -1.03. The van der Waals surface area contributed by atoms with Crippen LogP contribution < -0.4 is 10.1 Å². The molecule has 2 rings (SSSR count). The fourth-order valence-electron chi connectivity index (χ4n) is 3.01. The van der Waals surface area contributed by atoms with Crippen LogP contribution in [0.1, 0.15) is 47.7 Å². The standard InChI is InChI=1S/C18H25NO5/c1-4-15-9-14(5-6-23-15)19-18(22)13-7-11(2)17(12(3)8-13)24-10-16(20)21/h7-8,14-15H,4-6,9-10H2,1-3H3,(H,19,22)(H,20,21)/t14-,15+/m1/s1. The first-order chi connectivity index (χ1) is 11.4. The van der Waals surface area contributed by atoms with Crippen LogP contribution in [0.5, 0.6) is 5.75 Å². The highest BCUT2D eigenvalue weighted by Gasteiger charge is 2.23. The van der Waals surface area contributed by atoms with E-state index in [1.807, 2.05) is 13.8 Å². The van der Waals surface area contributed by atoms with Crippen molar-refractivity contribution >= 4 is 11.9 Å². The van der Waals surface area contributed by atoms with Gasteiger partial charge < -0.3 is 19.9 Å². The van der Waals surface area contributed by atoms with Crippen molar-refractivity contribution in [3.05, 3.63) is 28.8 Å². The number of benzene rings is 1. The van der Waals surface area contributed by atoms with E-state index in [2.05, 4.69) is 12.2 Å². The molecule has 2 N–H and O–H groups in total. The molecule has 1 aliphatic rings. The molecule has 0 unspecified atom stereocenters. The SMILES string of the molecule is CC[C@H]1C[C@H](NC(=O)c2cc(C)c(OCC(=O)O)c(C)c2)CCO1. The lowest BCUT2D eigenvalue weighted by molar-refractivity contribution is -0.139. The number of aryl methyl sites for hydroxylation is 2. The van der Waals surface area contributed by atoms with Crippen LogP contribution in [-0.2, 0) is 9.53 Å². The van der Waals surface area contributed by atoms with E-state index in [0.29, 0.717) is 17.9 Å². The topological polar surface area (TPSA) is 84.9 Å². The summed E-state index contributed by atoms with van der Waals surface area (Å²) in [5.74, 6) is -0.626. The molecule has 0 bridgehead atoms. The molecule has 1 aliphatic heterocycles. The maximum atomic E-state index is 12.5. The van der Waals surface area contributed by atoms with E-state index in [1.165, 1.54) is 0 Å². The summed E-state index contributed by atoms with van der Waals surface area (Å²) in [7, 11) is 0. The molecule has 1 aromatic rings. The van der Waals surface area contributed by atoms with Gasteiger partial charge in [0.15, 0.2) is 6.61 Å². The number of nitrogens with one attached hydrogen (secondary N) is 1. The average molecular weight is 335 g/mol. The fourth-order valence-corrected chi connectivity index (χ4v) is 3.01. The van der Waals surface area contributed by atoms with Crippen molar-refractivity contribution in [1.29, 1.82) is 0 Å².